The lowest BCUT2D eigenvalue weighted by atomic mass is 10.1. The van der Waals surface area contributed by atoms with E-state index in [1.54, 1.807) is 7.11 Å². The summed E-state index contributed by atoms with van der Waals surface area (Å²) in [6.45, 7) is 2.69. The maximum absolute atomic E-state index is 12.8. The van der Waals surface area contributed by atoms with Crippen molar-refractivity contribution in [2.24, 2.45) is 0 Å². The largest absolute Gasteiger partial charge is 0.497 e. The Kier molecular flexibility index (Phi) is 5.06. The van der Waals surface area contributed by atoms with Crippen LogP contribution in [0.3, 0.4) is 0 Å². The number of likely N-dealkylation sites (tertiary alicyclic amines) is 1. The van der Waals surface area contributed by atoms with Gasteiger partial charge in [-0.2, -0.15) is 4.37 Å². The lowest BCUT2D eigenvalue weighted by Crippen LogP contribution is -2.44. The number of nitrogens with zero attached hydrogens (tertiary/aromatic N) is 4. The van der Waals surface area contributed by atoms with E-state index in [0.29, 0.717) is 6.42 Å². The van der Waals surface area contributed by atoms with Crippen molar-refractivity contribution in [3.8, 4) is 5.75 Å². The molecule has 6 nitrogen and oxygen atoms in total. The summed E-state index contributed by atoms with van der Waals surface area (Å²) in [5.41, 5.74) is 1.12. The highest BCUT2D eigenvalue weighted by molar-refractivity contribution is 7.09. The highest BCUT2D eigenvalue weighted by Gasteiger charge is 2.36. The first-order chi connectivity index (χ1) is 12.7. The van der Waals surface area contributed by atoms with Crippen LogP contribution >= 0.6 is 11.5 Å². The Bertz CT molecular complexity index is 772. The van der Waals surface area contributed by atoms with Crippen molar-refractivity contribution in [1.82, 2.24) is 14.3 Å². The first-order valence-corrected chi connectivity index (χ1v) is 10.0. The fourth-order valence-corrected chi connectivity index (χ4v) is 4.56. The zero-order valence-corrected chi connectivity index (χ0v) is 15.9. The number of ether oxygens (including phenoxy) is 1. The molecule has 2 aromatic rings. The van der Waals surface area contributed by atoms with Gasteiger partial charge in [0.25, 0.3) is 0 Å². The molecule has 0 radical (unpaired) electrons. The molecule has 0 N–H and O–H groups in total. The monoisotopic (exact) mass is 372 g/mol. The summed E-state index contributed by atoms with van der Waals surface area (Å²) in [7, 11) is 1.67. The third kappa shape index (κ3) is 3.53. The third-order valence-electron chi connectivity index (χ3n) is 5.16. The van der Waals surface area contributed by atoms with Gasteiger partial charge in [-0.15, -0.1) is 0 Å². The zero-order valence-electron chi connectivity index (χ0n) is 15.1. The van der Waals surface area contributed by atoms with Crippen LogP contribution in [0.1, 0.15) is 37.1 Å². The van der Waals surface area contributed by atoms with Gasteiger partial charge in [-0.3, -0.25) is 4.79 Å². The van der Waals surface area contributed by atoms with Gasteiger partial charge < -0.3 is 14.5 Å². The van der Waals surface area contributed by atoms with Gasteiger partial charge in [0.2, 0.25) is 11.0 Å². The Balaban J connectivity index is 1.47. The van der Waals surface area contributed by atoms with Crippen LogP contribution in [-0.2, 0) is 11.2 Å². The molecule has 26 heavy (non-hydrogen) atoms. The smallest absolute Gasteiger partial charge is 0.245 e. The molecule has 0 spiro atoms. The summed E-state index contributed by atoms with van der Waals surface area (Å²) in [5, 5.41) is 0.873. The Morgan fingerprint density at radius 2 is 2.12 bits per heavy atom. The molecule has 1 unspecified atom stereocenters. The van der Waals surface area contributed by atoms with Crippen molar-refractivity contribution in [3.05, 3.63) is 35.7 Å². The van der Waals surface area contributed by atoms with Crippen LogP contribution in [0, 0.1) is 0 Å². The number of hydrogen-bond donors (Lipinski definition) is 0. The maximum Gasteiger partial charge on any atom is 0.245 e. The highest BCUT2D eigenvalue weighted by atomic mass is 32.1. The van der Waals surface area contributed by atoms with Crippen molar-refractivity contribution < 1.29 is 9.53 Å². The third-order valence-corrected chi connectivity index (χ3v) is 5.95. The lowest BCUT2D eigenvalue weighted by molar-refractivity contribution is -0.131. The van der Waals surface area contributed by atoms with Crippen LogP contribution in [0.25, 0.3) is 0 Å². The van der Waals surface area contributed by atoms with Crippen LogP contribution in [0.2, 0.25) is 0 Å². The van der Waals surface area contributed by atoms with Gasteiger partial charge >= 0.3 is 0 Å². The van der Waals surface area contributed by atoms with Gasteiger partial charge in [0.15, 0.2) is 0 Å². The second-order valence-corrected chi connectivity index (χ2v) is 7.64. The van der Waals surface area contributed by atoms with Crippen LogP contribution in [0.15, 0.2) is 24.3 Å². The minimum Gasteiger partial charge on any atom is -0.497 e. The second-order valence-electron chi connectivity index (χ2n) is 6.91. The normalized spacial score (nSPS) is 20.0. The molecule has 138 valence electrons. The summed E-state index contributed by atoms with van der Waals surface area (Å²) in [4.78, 5) is 21.7. The van der Waals surface area contributed by atoms with E-state index >= 15 is 0 Å². The summed E-state index contributed by atoms with van der Waals surface area (Å²) in [5.74, 6) is 1.91. The summed E-state index contributed by atoms with van der Waals surface area (Å²) in [6.07, 6.45) is 4.88. The SMILES string of the molecule is COc1cccc(Cc2nsc(N3CCCC3C(=O)N3CCCC3)n2)c1. The van der Waals surface area contributed by atoms with E-state index in [1.807, 2.05) is 23.1 Å². The minimum atomic E-state index is -0.0641. The molecular weight excluding hydrogens is 348 g/mol. The molecular formula is C19H24N4O2S. The van der Waals surface area contributed by atoms with Gasteiger partial charge in [-0.25, -0.2) is 4.98 Å². The Morgan fingerprint density at radius 3 is 2.92 bits per heavy atom. The minimum absolute atomic E-state index is 0.0641. The van der Waals surface area contributed by atoms with Crippen LogP contribution in [0.4, 0.5) is 5.13 Å². The molecule has 1 atom stereocenters. The number of aromatic nitrogens is 2. The van der Waals surface area contributed by atoms with Crippen molar-refractivity contribution in [2.75, 3.05) is 31.6 Å². The van der Waals surface area contributed by atoms with Crippen molar-refractivity contribution >= 4 is 22.6 Å². The number of carbonyl (C=O) groups is 1. The Hall–Kier alpha value is -2.15. The van der Waals surface area contributed by atoms with Gasteiger partial charge in [0.05, 0.1) is 7.11 Å². The summed E-state index contributed by atoms with van der Waals surface area (Å²) in [6, 6.07) is 7.91. The number of anilines is 1. The summed E-state index contributed by atoms with van der Waals surface area (Å²) >= 11 is 1.40. The molecule has 1 amide bonds. The zero-order chi connectivity index (χ0) is 17.9. The van der Waals surface area contributed by atoms with E-state index in [4.69, 9.17) is 9.72 Å². The van der Waals surface area contributed by atoms with E-state index in [2.05, 4.69) is 15.3 Å². The number of hydrogen-bond acceptors (Lipinski definition) is 6. The Morgan fingerprint density at radius 1 is 1.27 bits per heavy atom. The molecule has 1 aromatic heterocycles. The fourth-order valence-electron chi connectivity index (χ4n) is 3.80. The van der Waals surface area contributed by atoms with Crippen LogP contribution < -0.4 is 9.64 Å². The van der Waals surface area contributed by atoms with Crippen molar-refractivity contribution in [2.45, 2.75) is 38.1 Å². The number of rotatable bonds is 5. The standard InChI is InChI=1S/C19H24N4O2S/c1-25-15-7-4-6-14(12-15)13-17-20-19(26-21-17)23-11-5-8-16(23)18(24)22-9-2-3-10-22/h4,6-7,12,16H,2-3,5,8-11,13H2,1H3. The molecule has 0 bridgehead atoms. The number of carbonyl (C=O) groups excluding carboxylic acids is 1. The predicted molar refractivity (Wildman–Crippen MR) is 102 cm³/mol. The lowest BCUT2D eigenvalue weighted by Gasteiger charge is -2.27. The molecule has 2 aliphatic rings. The fraction of sp³-hybridized carbons (Fsp3) is 0.526. The maximum atomic E-state index is 12.8. The number of benzene rings is 1. The molecule has 0 saturated carbocycles. The number of amides is 1. The molecule has 4 rings (SSSR count). The Labute approximate surface area is 158 Å². The molecule has 2 saturated heterocycles. The van der Waals surface area contributed by atoms with Gasteiger partial charge in [-0.1, -0.05) is 12.1 Å². The molecule has 0 aliphatic carbocycles. The van der Waals surface area contributed by atoms with Crippen molar-refractivity contribution in [3.63, 3.8) is 0 Å². The van der Waals surface area contributed by atoms with Crippen molar-refractivity contribution in [1.29, 1.82) is 0 Å². The molecule has 3 heterocycles. The molecule has 1 aromatic carbocycles. The van der Waals surface area contributed by atoms with Gasteiger partial charge in [0.1, 0.15) is 17.6 Å². The van der Waals surface area contributed by atoms with Crippen LogP contribution in [0.5, 0.6) is 5.75 Å². The van der Waals surface area contributed by atoms with Crippen LogP contribution in [-0.4, -0.2) is 53.0 Å². The van der Waals surface area contributed by atoms with Gasteiger partial charge in [-0.05, 0) is 43.4 Å². The average molecular weight is 372 g/mol. The number of methoxy groups -OCH3 is 1. The first-order valence-electron chi connectivity index (χ1n) is 9.25. The molecule has 2 aliphatic heterocycles. The highest BCUT2D eigenvalue weighted by Crippen LogP contribution is 2.29. The average Bonchev–Trinajstić information content (AvgIpc) is 3.41. The van der Waals surface area contributed by atoms with E-state index in [-0.39, 0.29) is 11.9 Å². The van der Waals surface area contributed by atoms with E-state index in [0.717, 1.165) is 67.6 Å². The molecule has 2 fully saturated rings. The van der Waals surface area contributed by atoms with Gasteiger partial charge in [0, 0.05) is 37.6 Å². The first kappa shape index (κ1) is 17.3. The topological polar surface area (TPSA) is 58.6 Å². The second kappa shape index (κ2) is 7.61. The van der Waals surface area contributed by atoms with E-state index in [1.165, 1.54) is 11.5 Å². The summed E-state index contributed by atoms with van der Waals surface area (Å²) < 4.78 is 9.81. The molecule has 7 heteroatoms. The predicted octanol–water partition coefficient (Wildman–Crippen LogP) is 2.73. The van der Waals surface area contributed by atoms with E-state index < -0.39 is 0 Å². The quantitative estimate of drug-likeness (QED) is 0.808. The van der Waals surface area contributed by atoms with E-state index in [9.17, 15) is 4.79 Å².